The molecule has 7 heteroatoms. The molecule has 0 spiro atoms. The molecule has 0 saturated carbocycles. The van der Waals surface area contributed by atoms with Gasteiger partial charge in [-0.15, -0.1) is 0 Å². The molecule has 1 unspecified atom stereocenters. The van der Waals surface area contributed by atoms with Crippen molar-refractivity contribution in [3.63, 3.8) is 0 Å². The van der Waals surface area contributed by atoms with Crippen molar-refractivity contribution in [3.8, 4) is 0 Å². The summed E-state index contributed by atoms with van der Waals surface area (Å²) < 4.78 is 0. The molecule has 3 heterocycles. The molecule has 0 radical (unpaired) electrons. The summed E-state index contributed by atoms with van der Waals surface area (Å²) in [5.41, 5.74) is -0.658. The van der Waals surface area contributed by atoms with E-state index in [1.165, 1.54) is 6.33 Å². The van der Waals surface area contributed by atoms with E-state index in [1.54, 1.807) is 4.90 Å². The number of β-amino-alcohol motifs (C(OH)–C–C–N with tert-alkyl or cyclic N) is 1. The van der Waals surface area contributed by atoms with Crippen LogP contribution in [-0.2, 0) is 4.79 Å². The van der Waals surface area contributed by atoms with Gasteiger partial charge < -0.3 is 19.8 Å². The lowest BCUT2D eigenvalue weighted by atomic mass is 10.1. The highest BCUT2D eigenvalue weighted by molar-refractivity contribution is 5.82. The van der Waals surface area contributed by atoms with Crippen LogP contribution in [-0.4, -0.2) is 71.3 Å². The van der Waals surface area contributed by atoms with Gasteiger partial charge in [0.15, 0.2) is 0 Å². The lowest BCUT2D eigenvalue weighted by molar-refractivity contribution is -0.129. The largest absolute Gasteiger partial charge is 0.388 e. The van der Waals surface area contributed by atoms with Gasteiger partial charge in [0.25, 0.3) is 0 Å². The first-order valence-electron chi connectivity index (χ1n) is 7.23. The fraction of sp³-hybridized carbons (Fsp3) is 0.643. The second kappa shape index (κ2) is 5.14. The summed E-state index contributed by atoms with van der Waals surface area (Å²) in [5.74, 6) is 1.68. The molecular formula is C14H21N5O2. The van der Waals surface area contributed by atoms with E-state index in [9.17, 15) is 9.90 Å². The Bertz CT molecular complexity index is 548. The van der Waals surface area contributed by atoms with Crippen molar-refractivity contribution in [1.82, 2.24) is 14.9 Å². The van der Waals surface area contributed by atoms with Crippen LogP contribution in [0.4, 0.5) is 11.6 Å². The summed E-state index contributed by atoms with van der Waals surface area (Å²) in [5, 5.41) is 10.1. The molecule has 7 nitrogen and oxygen atoms in total. The number of amides is 1. The maximum Gasteiger partial charge on any atom is 0.241 e. The second-order valence-electron chi connectivity index (χ2n) is 6.14. The minimum atomic E-state index is -0.658. The fourth-order valence-electron chi connectivity index (χ4n) is 2.78. The molecule has 0 aliphatic carbocycles. The highest BCUT2D eigenvalue weighted by atomic mass is 16.3. The Labute approximate surface area is 124 Å². The van der Waals surface area contributed by atoms with Gasteiger partial charge in [0, 0.05) is 39.3 Å². The standard InChI is InChI=1S/C14H21N5O2/c1-14(21)3-4-19(9-14)12-7-11(15-10-16-12)18-6-5-17(2)13(20)8-18/h7,10,21H,3-6,8-9H2,1-2H3. The average Bonchev–Trinajstić information content (AvgIpc) is 2.82. The fourth-order valence-corrected chi connectivity index (χ4v) is 2.78. The molecule has 1 amide bonds. The van der Waals surface area contributed by atoms with E-state index in [4.69, 9.17) is 0 Å². The van der Waals surface area contributed by atoms with Gasteiger partial charge in [0.1, 0.15) is 18.0 Å². The third-order valence-electron chi connectivity index (χ3n) is 4.20. The summed E-state index contributed by atoms with van der Waals surface area (Å²) in [6.45, 7) is 5.03. The number of rotatable bonds is 2. The molecule has 1 aromatic heterocycles. The SMILES string of the molecule is CN1CCN(c2cc(N3CCC(C)(O)C3)ncn2)CC1=O. The molecule has 2 saturated heterocycles. The van der Waals surface area contributed by atoms with Gasteiger partial charge in [-0.2, -0.15) is 0 Å². The third-order valence-corrected chi connectivity index (χ3v) is 4.20. The first-order valence-corrected chi connectivity index (χ1v) is 7.23. The predicted molar refractivity (Wildman–Crippen MR) is 79.3 cm³/mol. The third kappa shape index (κ3) is 2.92. The van der Waals surface area contributed by atoms with Crippen LogP contribution in [0.5, 0.6) is 0 Å². The minimum Gasteiger partial charge on any atom is -0.388 e. The highest BCUT2D eigenvalue weighted by Crippen LogP contribution is 2.26. The smallest absolute Gasteiger partial charge is 0.241 e. The van der Waals surface area contributed by atoms with Gasteiger partial charge in [0.05, 0.1) is 12.1 Å². The molecule has 1 atom stereocenters. The van der Waals surface area contributed by atoms with E-state index < -0.39 is 5.60 Å². The van der Waals surface area contributed by atoms with Crippen molar-refractivity contribution < 1.29 is 9.90 Å². The second-order valence-corrected chi connectivity index (χ2v) is 6.14. The number of likely N-dealkylation sites (N-methyl/N-ethyl adjacent to an activating group) is 1. The summed E-state index contributed by atoms with van der Waals surface area (Å²) in [6, 6.07) is 1.90. The zero-order valence-corrected chi connectivity index (χ0v) is 12.5. The predicted octanol–water partition coefficient (Wildman–Crippen LogP) is -0.284. The Kier molecular flexibility index (Phi) is 3.44. The Morgan fingerprint density at radius 1 is 1.19 bits per heavy atom. The van der Waals surface area contributed by atoms with Crippen LogP contribution in [0.25, 0.3) is 0 Å². The van der Waals surface area contributed by atoms with Crippen LogP contribution in [0.1, 0.15) is 13.3 Å². The van der Waals surface area contributed by atoms with Gasteiger partial charge in [-0.25, -0.2) is 9.97 Å². The quantitative estimate of drug-likeness (QED) is 0.808. The van der Waals surface area contributed by atoms with Crippen molar-refractivity contribution in [1.29, 1.82) is 0 Å². The number of piperazine rings is 1. The number of aliphatic hydroxyl groups is 1. The molecule has 114 valence electrons. The van der Waals surface area contributed by atoms with E-state index in [2.05, 4.69) is 14.9 Å². The number of aromatic nitrogens is 2. The van der Waals surface area contributed by atoms with Crippen LogP contribution in [0.15, 0.2) is 12.4 Å². The monoisotopic (exact) mass is 291 g/mol. The van der Waals surface area contributed by atoms with Crippen molar-refractivity contribution >= 4 is 17.5 Å². The average molecular weight is 291 g/mol. The molecule has 3 rings (SSSR count). The summed E-state index contributed by atoms with van der Waals surface area (Å²) in [7, 11) is 1.82. The molecule has 1 aromatic rings. The van der Waals surface area contributed by atoms with Crippen molar-refractivity contribution in [3.05, 3.63) is 12.4 Å². The Balaban J connectivity index is 1.76. The summed E-state index contributed by atoms with van der Waals surface area (Å²) >= 11 is 0. The topological polar surface area (TPSA) is 72.8 Å². The minimum absolute atomic E-state index is 0.102. The van der Waals surface area contributed by atoms with Crippen LogP contribution in [0.3, 0.4) is 0 Å². The molecule has 1 N–H and O–H groups in total. The number of hydrogen-bond donors (Lipinski definition) is 1. The van der Waals surface area contributed by atoms with E-state index >= 15 is 0 Å². The van der Waals surface area contributed by atoms with Gasteiger partial charge in [-0.3, -0.25) is 4.79 Å². The normalized spacial score (nSPS) is 26.6. The van der Waals surface area contributed by atoms with E-state index in [0.29, 0.717) is 19.6 Å². The molecule has 0 bridgehead atoms. The van der Waals surface area contributed by atoms with Crippen molar-refractivity contribution in [2.45, 2.75) is 18.9 Å². The maximum atomic E-state index is 11.8. The lowest BCUT2D eigenvalue weighted by Crippen LogP contribution is -2.48. The lowest BCUT2D eigenvalue weighted by Gasteiger charge is -2.33. The maximum absolute atomic E-state index is 11.8. The summed E-state index contributed by atoms with van der Waals surface area (Å²) in [4.78, 5) is 26.1. The highest BCUT2D eigenvalue weighted by Gasteiger charge is 2.32. The molecule has 2 aliphatic heterocycles. The number of carbonyl (C=O) groups is 1. The zero-order valence-electron chi connectivity index (χ0n) is 12.5. The molecule has 2 fully saturated rings. The number of carbonyl (C=O) groups excluding carboxylic acids is 1. The number of anilines is 2. The van der Waals surface area contributed by atoms with E-state index in [0.717, 1.165) is 31.1 Å². The Morgan fingerprint density at radius 2 is 1.90 bits per heavy atom. The first-order chi connectivity index (χ1) is 9.94. The van der Waals surface area contributed by atoms with Crippen molar-refractivity contribution in [2.24, 2.45) is 0 Å². The Hall–Kier alpha value is -1.89. The van der Waals surface area contributed by atoms with E-state index in [1.807, 2.05) is 24.9 Å². The van der Waals surface area contributed by atoms with Gasteiger partial charge in [-0.05, 0) is 13.3 Å². The summed E-state index contributed by atoms with van der Waals surface area (Å²) in [6.07, 6.45) is 2.26. The molecule has 0 aromatic carbocycles. The van der Waals surface area contributed by atoms with Crippen LogP contribution >= 0.6 is 0 Å². The number of nitrogens with zero attached hydrogens (tertiary/aromatic N) is 5. The van der Waals surface area contributed by atoms with Crippen LogP contribution < -0.4 is 9.80 Å². The van der Waals surface area contributed by atoms with Crippen LogP contribution in [0.2, 0.25) is 0 Å². The van der Waals surface area contributed by atoms with Crippen LogP contribution in [0, 0.1) is 0 Å². The molecule has 21 heavy (non-hydrogen) atoms. The van der Waals surface area contributed by atoms with Gasteiger partial charge >= 0.3 is 0 Å². The zero-order chi connectivity index (χ0) is 15.0. The molecule has 2 aliphatic rings. The number of hydrogen-bond acceptors (Lipinski definition) is 6. The first kappa shape index (κ1) is 14.1. The van der Waals surface area contributed by atoms with Gasteiger partial charge in [0.2, 0.25) is 5.91 Å². The van der Waals surface area contributed by atoms with Crippen molar-refractivity contribution in [2.75, 3.05) is 49.6 Å². The van der Waals surface area contributed by atoms with E-state index in [-0.39, 0.29) is 5.91 Å². The van der Waals surface area contributed by atoms with Gasteiger partial charge in [-0.1, -0.05) is 0 Å². The molecular weight excluding hydrogens is 270 g/mol. The Morgan fingerprint density at radius 3 is 2.52 bits per heavy atom.